The Balaban J connectivity index is 2.11. The van der Waals surface area contributed by atoms with Crippen LogP contribution < -0.4 is 10.9 Å². The molecule has 0 atom stereocenters. The maximum atomic E-state index is 11.1. The molecule has 2 N–H and O–H groups in total. The highest BCUT2D eigenvalue weighted by Crippen LogP contribution is 2.23. The van der Waals surface area contributed by atoms with Crippen molar-refractivity contribution in [1.29, 1.82) is 0 Å². The summed E-state index contributed by atoms with van der Waals surface area (Å²) in [7, 11) is 1.92. The number of hydrogen-bond donors (Lipinski definition) is 2. The summed E-state index contributed by atoms with van der Waals surface area (Å²) in [4.78, 5) is 18.9. The van der Waals surface area contributed by atoms with Gasteiger partial charge in [-0.2, -0.15) is 0 Å². The summed E-state index contributed by atoms with van der Waals surface area (Å²) in [6.07, 6.45) is 1.51. The minimum absolute atomic E-state index is 0.130. The average molecular weight is 247 g/mol. The number of aromatic amines is 1. The third-order valence-corrected chi connectivity index (χ3v) is 3.08. The maximum absolute atomic E-state index is 11.1. The number of nitrogens with zero attached hydrogens (tertiary/aromatic N) is 1. The van der Waals surface area contributed by atoms with Crippen LogP contribution in [0, 0.1) is 0 Å². The molecule has 1 aromatic carbocycles. The van der Waals surface area contributed by atoms with E-state index in [4.69, 9.17) is 0 Å². The van der Waals surface area contributed by atoms with Gasteiger partial charge in [0.25, 0.3) is 5.56 Å². The minimum atomic E-state index is -0.130. The first-order valence-corrected chi connectivity index (χ1v) is 6.06. The van der Waals surface area contributed by atoms with Gasteiger partial charge in [-0.15, -0.1) is 0 Å². The lowest BCUT2D eigenvalue weighted by atomic mass is 10.2. The van der Waals surface area contributed by atoms with Crippen LogP contribution in [-0.2, 0) is 6.54 Å². The lowest BCUT2D eigenvalue weighted by molar-refractivity contribution is 0.817. The van der Waals surface area contributed by atoms with Crippen molar-refractivity contribution >= 4 is 11.8 Å². The Bertz CT molecular complexity index is 536. The molecule has 5 heteroatoms. The highest BCUT2D eigenvalue weighted by Gasteiger charge is 1.99. The van der Waals surface area contributed by atoms with Crippen molar-refractivity contribution in [3.8, 4) is 0 Å². The van der Waals surface area contributed by atoms with Crippen LogP contribution >= 0.6 is 11.8 Å². The summed E-state index contributed by atoms with van der Waals surface area (Å²) >= 11 is 1.44. The van der Waals surface area contributed by atoms with Gasteiger partial charge in [-0.25, -0.2) is 4.98 Å². The van der Waals surface area contributed by atoms with E-state index in [0.29, 0.717) is 5.16 Å². The zero-order chi connectivity index (χ0) is 12.1. The van der Waals surface area contributed by atoms with Crippen LogP contribution in [0.25, 0.3) is 0 Å². The fourth-order valence-electron chi connectivity index (χ4n) is 1.39. The van der Waals surface area contributed by atoms with E-state index in [1.54, 1.807) is 0 Å². The molecule has 0 saturated heterocycles. The molecule has 0 spiro atoms. The third kappa shape index (κ3) is 3.44. The zero-order valence-electron chi connectivity index (χ0n) is 9.43. The van der Waals surface area contributed by atoms with Crippen molar-refractivity contribution in [2.45, 2.75) is 16.6 Å². The van der Waals surface area contributed by atoms with Gasteiger partial charge in [0.05, 0.1) is 0 Å². The molecule has 4 nitrogen and oxygen atoms in total. The molecule has 0 amide bonds. The van der Waals surface area contributed by atoms with Gasteiger partial charge < -0.3 is 10.3 Å². The molecule has 0 bridgehead atoms. The topological polar surface area (TPSA) is 57.8 Å². The molecule has 1 heterocycles. The lowest BCUT2D eigenvalue weighted by Gasteiger charge is -2.02. The van der Waals surface area contributed by atoms with Gasteiger partial charge in [-0.3, -0.25) is 4.79 Å². The van der Waals surface area contributed by atoms with E-state index in [1.807, 2.05) is 19.2 Å². The second-order valence-electron chi connectivity index (χ2n) is 3.52. The number of hydrogen-bond acceptors (Lipinski definition) is 4. The summed E-state index contributed by atoms with van der Waals surface area (Å²) in [5, 5.41) is 3.70. The smallest absolute Gasteiger partial charge is 0.251 e. The van der Waals surface area contributed by atoms with Crippen LogP contribution in [0.2, 0.25) is 0 Å². The van der Waals surface area contributed by atoms with Gasteiger partial charge in [0.2, 0.25) is 0 Å². The van der Waals surface area contributed by atoms with Crippen molar-refractivity contribution < 1.29 is 0 Å². The number of benzene rings is 1. The second-order valence-corrected chi connectivity index (χ2v) is 4.58. The molecule has 0 aliphatic carbocycles. The summed E-state index contributed by atoms with van der Waals surface area (Å²) in [6.45, 7) is 0.853. The number of nitrogens with one attached hydrogen (secondary N) is 2. The van der Waals surface area contributed by atoms with Gasteiger partial charge in [-0.1, -0.05) is 23.9 Å². The lowest BCUT2D eigenvalue weighted by Crippen LogP contribution is -2.05. The Morgan fingerprint density at radius 1 is 1.29 bits per heavy atom. The molecular weight excluding hydrogens is 234 g/mol. The predicted octanol–water partition coefficient (Wildman–Crippen LogP) is 1.64. The van der Waals surface area contributed by atoms with Crippen LogP contribution in [0.15, 0.2) is 51.4 Å². The highest BCUT2D eigenvalue weighted by atomic mass is 32.2. The molecule has 0 aliphatic rings. The van der Waals surface area contributed by atoms with Gasteiger partial charge in [-0.05, 0) is 24.7 Å². The monoisotopic (exact) mass is 247 g/mol. The summed E-state index contributed by atoms with van der Waals surface area (Å²) in [6, 6.07) is 9.55. The van der Waals surface area contributed by atoms with Gasteiger partial charge in [0.1, 0.15) is 0 Å². The molecule has 0 aliphatic heterocycles. The van der Waals surface area contributed by atoms with Gasteiger partial charge in [0.15, 0.2) is 5.16 Å². The zero-order valence-corrected chi connectivity index (χ0v) is 10.3. The fourth-order valence-corrected chi connectivity index (χ4v) is 2.16. The predicted molar refractivity (Wildman–Crippen MR) is 68.2 cm³/mol. The molecule has 17 heavy (non-hydrogen) atoms. The van der Waals surface area contributed by atoms with Crippen LogP contribution in [0.4, 0.5) is 0 Å². The molecule has 0 saturated carbocycles. The standard InChI is InChI=1S/C12H13N3OS/c1-13-8-9-2-4-10(5-3-9)17-12-14-7-6-11(16)15-12/h2-7,13H,8H2,1H3,(H,14,15,16). The first-order chi connectivity index (χ1) is 8.28. The molecule has 2 rings (SSSR count). The SMILES string of the molecule is CNCc1ccc(Sc2nccc(=O)[nH]2)cc1. The Kier molecular flexibility index (Phi) is 3.95. The van der Waals surface area contributed by atoms with Crippen molar-refractivity contribution in [2.75, 3.05) is 7.05 Å². The second kappa shape index (κ2) is 5.65. The minimum Gasteiger partial charge on any atom is -0.316 e. The van der Waals surface area contributed by atoms with Crippen molar-refractivity contribution in [2.24, 2.45) is 0 Å². The van der Waals surface area contributed by atoms with Crippen molar-refractivity contribution in [1.82, 2.24) is 15.3 Å². The van der Waals surface area contributed by atoms with E-state index in [9.17, 15) is 4.79 Å². The summed E-state index contributed by atoms with van der Waals surface area (Å²) in [5.41, 5.74) is 1.10. The van der Waals surface area contributed by atoms with E-state index in [-0.39, 0.29) is 5.56 Å². The summed E-state index contributed by atoms with van der Waals surface area (Å²) in [5.74, 6) is 0. The largest absolute Gasteiger partial charge is 0.316 e. The van der Waals surface area contributed by atoms with E-state index < -0.39 is 0 Å². The Morgan fingerprint density at radius 3 is 2.71 bits per heavy atom. The van der Waals surface area contributed by atoms with Gasteiger partial charge in [0, 0.05) is 23.7 Å². The van der Waals surface area contributed by atoms with Crippen LogP contribution in [0.3, 0.4) is 0 Å². The number of rotatable bonds is 4. The Morgan fingerprint density at radius 2 is 2.06 bits per heavy atom. The van der Waals surface area contributed by atoms with Crippen molar-refractivity contribution in [3.05, 3.63) is 52.4 Å². The molecule has 0 fully saturated rings. The van der Waals surface area contributed by atoms with E-state index in [2.05, 4.69) is 27.4 Å². The number of aromatic nitrogens is 2. The first-order valence-electron chi connectivity index (χ1n) is 5.24. The third-order valence-electron chi connectivity index (χ3n) is 2.17. The Hall–Kier alpha value is -1.59. The summed E-state index contributed by atoms with van der Waals surface area (Å²) < 4.78 is 0. The Labute approximate surface area is 103 Å². The highest BCUT2D eigenvalue weighted by molar-refractivity contribution is 7.99. The molecule has 0 unspecified atom stereocenters. The molecular formula is C12H13N3OS. The van der Waals surface area contributed by atoms with E-state index >= 15 is 0 Å². The quantitative estimate of drug-likeness (QED) is 0.806. The van der Waals surface area contributed by atoms with E-state index in [0.717, 1.165) is 11.4 Å². The van der Waals surface area contributed by atoms with E-state index in [1.165, 1.54) is 29.6 Å². The normalized spacial score (nSPS) is 10.4. The van der Waals surface area contributed by atoms with Crippen molar-refractivity contribution in [3.63, 3.8) is 0 Å². The first kappa shape index (κ1) is 11.9. The number of H-pyrrole nitrogens is 1. The van der Waals surface area contributed by atoms with Gasteiger partial charge >= 0.3 is 0 Å². The average Bonchev–Trinajstić information content (AvgIpc) is 2.32. The molecule has 1 aromatic heterocycles. The molecule has 0 radical (unpaired) electrons. The maximum Gasteiger partial charge on any atom is 0.251 e. The molecule has 88 valence electrons. The van der Waals surface area contributed by atoms with Crippen LogP contribution in [0.5, 0.6) is 0 Å². The molecule has 2 aromatic rings. The fraction of sp³-hybridized carbons (Fsp3) is 0.167. The van der Waals surface area contributed by atoms with Crippen LogP contribution in [-0.4, -0.2) is 17.0 Å². The van der Waals surface area contributed by atoms with Crippen LogP contribution in [0.1, 0.15) is 5.56 Å².